The molecule has 0 spiro atoms. The molecule has 26 heteroatoms. The molecule has 2 N–H and O–H groups in total. The van der Waals surface area contributed by atoms with Crippen LogP contribution in [-0.4, -0.2) is 143 Å². The maximum Gasteiger partial charge on any atom is 0.586 e. The van der Waals surface area contributed by atoms with Crippen molar-refractivity contribution in [1.82, 2.24) is 30.4 Å². The highest BCUT2D eigenvalue weighted by Gasteiger charge is 2.58. The van der Waals surface area contributed by atoms with Crippen LogP contribution in [0.1, 0.15) is 120 Å². The van der Waals surface area contributed by atoms with Gasteiger partial charge in [0.25, 0.3) is 0 Å². The monoisotopic (exact) mass is 1290 g/mol. The van der Waals surface area contributed by atoms with Gasteiger partial charge in [-0.3, -0.25) is 19.2 Å². The Bertz CT molecular complexity index is 3550. The summed E-state index contributed by atoms with van der Waals surface area (Å²) in [5.74, 6) is -2.31. The highest BCUT2D eigenvalue weighted by molar-refractivity contribution is 7.92. The fourth-order valence-electron chi connectivity index (χ4n) is 12.5. The lowest BCUT2D eigenvalue weighted by molar-refractivity contribution is -0.287. The van der Waals surface area contributed by atoms with Crippen LogP contribution in [0.15, 0.2) is 74.1 Å². The van der Waals surface area contributed by atoms with Gasteiger partial charge in [-0.05, 0) is 98.6 Å². The minimum Gasteiger partial charge on any atom is -0.472 e. The third kappa shape index (κ3) is 13.1. The van der Waals surface area contributed by atoms with Gasteiger partial charge in [0.05, 0.1) is 35.1 Å². The van der Waals surface area contributed by atoms with E-state index in [4.69, 9.17) is 18.9 Å². The zero-order valence-corrected chi connectivity index (χ0v) is 53.3. The Morgan fingerprint density at radius 1 is 0.611 bits per heavy atom. The predicted octanol–water partition coefficient (Wildman–Crippen LogP) is 9.23. The number of hydrogen-bond donors (Lipinski definition) is 2. The number of carbonyl (C=O) groups excluding carboxylic acids is 4. The van der Waals surface area contributed by atoms with E-state index in [1.165, 1.54) is 46.5 Å². The van der Waals surface area contributed by atoms with Crippen molar-refractivity contribution in [3.05, 3.63) is 74.1 Å². The van der Waals surface area contributed by atoms with Gasteiger partial charge in [0.1, 0.15) is 24.3 Å². The number of likely N-dealkylation sites (tertiary alicyclic amines) is 2. The highest BCUT2D eigenvalue weighted by atomic mass is 32.2. The van der Waals surface area contributed by atoms with Crippen molar-refractivity contribution in [3.63, 3.8) is 0 Å². The van der Waals surface area contributed by atoms with Crippen molar-refractivity contribution in [3.8, 4) is 34.8 Å². The highest BCUT2D eigenvalue weighted by Crippen LogP contribution is 2.52. The van der Waals surface area contributed by atoms with Gasteiger partial charge in [-0.1, -0.05) is 67.5 Å². The second-order valence-corrected chi connectivity index (χ2v) is 32.5. The first kappa shape index (κ1) is 64.6. The fraction of sp³-hybridized carbons (Fsp3) is 0.594. The van der Waals surface area contributed by atoms with Crippen molar-refractivity contribution in [2.45, 2.75) is 178 Å². The van der Waals surface area contributed by atoms with Crippen molar-refractivity contribution in [2.24, 2.45) is 34.5 Å². The number of fused-ring (bicyclic) bond motifs is 6. The number of carbonyl (C=O) groups is 4. The number of nitrogens with zero attached hydrogens (tertiary/aromatic N) is 4. The standard InChI is InChI=1S/2C32H39F2N3O7S/c2*1-6-19-16-31(19,12-14-45(40,41)21-7-8-21)36-27(38)24-15-20(17-37(24)29(39)18(2)30(3,4)5)42-28-23-9-10-25-26(22(23)11-13-35-28)44-32(33,34)43-25/h2*6,9-11,13,18-21,24H,1,7-8,12,14-17H2,2-5H3,(H,36,38)/t2*18-,19-,20-,24+,31-/m11/s1. The summed E-state index contributed by atoms with van der Waals surface area (Å²) in [5, 5.41) is 7.12. The number of hydrogen-bond acceptors (Lipinski definition) is 16. The second-order valence-electron chi connectivity index (χ2n) is 27.7. The third-order valence-corrected chi connectivity index (χ3v) is 24.0. The smallest absolute Gasteiger partial charge is 0.472 e. The van der Waals surface area contributed by atoms with Crippen LogP contribution in [0, 0.1) is 34.5 Å². The average Bonchev–Trinajstić information content (AvgIpc) is 1.66. The first-order chi connectivity index (χ1) is 42.1. The van der Waals surface area contributed by atoms with Crippen LogP contribution in [0.5, 0.6) is 34.8 Å². The zero-order chi connectivity index (χ0) is 65.1. The molecule has 10 atom stereocenters. The Kier molecular flexibility index (Phi) is 16.5. The molecule has 6 fully saturated rings. The number of rotatable bonds is 20. The van der Waals surface area contributed by atoms with E-state index < -0.39 is 79.5 Å². The maximum absolute atomic E-state index is 14.0. The van der Waals surface area contributed by atoms with E-state index >= 15 is 0 Å². The number of aromatic nitrogens is 2. The van der Waals surface area contributed by atoms with Crippen LogP contribution in [0.4, 0.5) is 17.6 Å². The molecule has 4 amide bonds. The number of amides is 4. The fourth-order valence-corrected chi connectivity index (χ4v) is 16.2. The summed E-state index contributed by atoms with van der Waals surface area (Å²) < 4.78 is 137. The van der Waals surface area contributed by atoms with E-state index in [1.54, 1.807) is 24.3 Å². The number of halogens is 4. The van der Waals surface area contributed by atoms with Crippen LogP contribution in [0.25, 0.3) is 21.5 Å². The van der Waals surface area contributed by atoms with Crippen molar-refractivity contribution in [1.29, 1.82) is 0 Å². The molecule has 0 unspecified atom stereocenters. The average molecular weight is 1300 g/mol. The minimum absolute atomic E-state index is 0.0144. The van der Waals surface area contributed by atoms with E-state index in [1.807, 2.05) is 55.4 Å². The van der Waals surface area contributed by atoms with Gasteiger partial charge in [0, 0.05) is 81.5 Å². The van der Waals surface area contributed by atoms with Crippen LogP contribution < -0.4 is 39.1 Å². The van der Waals surface area contributed by atoms with Crippen LogP contribution >= 0.6 is 0 Å². The van der Waals surface area contributed by atoms with E-state index in [0.717, 1.165) is 0 Å². The number of alkyl halides is 4. The largest absolute Gasteiger partial charge is 0.586 e. The molecule has 488 valence electrons. The predicted molar refractivity (Wildman–Crippen MR) is 323 cm³/mol. The summed E-state index contributed by atoms with van der Waals surface area (Å²) in [6.07, 6.45) is 2.20. The summed E-state index contributed by atoms with van der Waals surface area (Å²) in [5.41, 5.74) is -2.21. The third-order valence-electron chi connectivity index (χ3n) is 19.4. The molecule has 2 aromatic carbocycles. The normalized spacial score (nSPS) is 27.7. The van der Waals surface area contributed by atoms with Gasteiger partial charge < -0.3 is 48.9 Å². The second kappa shape index (κ2) is 23.0. The van der Waals surface area contributed by atoms with Crippen molar-refractivity contribution in [2.75, 3.05) is 24.6 Å². The topological polar surface area (TPSA) is 248 Å². The first-order valence-electron chi connectivity index (χ1n) is 30.7. The molecule has 4 aromatic rings. The van der Waals surface area contributed by atoms with Gasteiger partial charge in [-0.2, -0.15) is 0 Å². The number of nitrogens with one attached hydrogen (secondary N) is 2. The molecular weight excluding hydrogens is 1220 g/mol. The van der Waals surface area contributed by atoms with Crippen LogP contribution in [0.2, 0.25) is 0 Å². The van der Waals surface area contributed by atoms with Crippen molar-refractivity contribution >= 4 is 64.8 Å². The molecule has 4 aliphatic carbocycles. The lowest BCUT2D eigenvalue weighted by atomic mass is 9.81. The van der Waals surface area contributed by atoms with Gasteiger partial charge in [0.2, 0.25) is 35.4 Å². The molecule has 90 heavy (non-hydrogen) atoms. The molecule has 4 aliphatic heterocycles. The van der Waals surface area contributed by atoms with E-state index in [9.17, 15) is 53.6 Å². The Labute approximate surface area is 521 Å². The minimum atomic E-state index is -3.79. The van der Waals surface area contributed by atoms with Gasteiger partial charge in [-0.25, -0.2) is 26.8 Å². The quantitative estimate of drug-likeness (QED) is 0.0618. The molecule has 4 saturated carbocycles. The molecular formula is C64H78F4N6O14S2. The molecule has 2 saturated heterocycles. The van der Waals surface area contributed by atoms with E-state index in [-0.39, 0.29) is 142 Å². The number of ether oxygens (including phenoxy) is 6. The molecule has 6 heterocycles. The van der Waals surface area contributed by atoms with Gasteiger partial charge in [-0.15, -0.1) is 30.7 Å². The van der Waals surface area contributed by atoms with E-state index in [2.05, 4.69) is 43.2 Å². The maximum atomic E-state index is 14.0. The summed E-state index contributed by atoms with van der Waals surface area (Å²) in [7, 11) is -6.45. The first-order valence-corrected chi connectivity index (χ1v) is 34.1. The van der Waals surface area contributed by atoms with E-state index in [0.29, 0.717) is 60.1 Å². The Morgan fingerprint density at radius 3 is 1.30 bits per heavy atom. The summed E-state index contributed by atoms with van der Waals surface area (Å²) in [4.78, 5) is 67.3. The van der Waals surface area contributed by atoms with Gasteiger partial charge >= 0.3 is 12.6 Å². The summed E-state index contributed by atoms with van der Waals surface area (Å²) in [6, 6.07) is 7.11. The molecule has 8 aliphatic rings. The molecule has 0 bridgehead atoms. The summed E-state index contributed by atoms with van der Waals surface area (Å²) >= 11 is 0. The Balaban J connectivity index is 0.000000185. The van der Waals surface area contributed by atoms with Crippen molar-refractivity contribution < 1.29 is 82.0 Å². The van der Waals surface area contributed by atoms with Crippen LogP contribution in [-0.2, 0) is 38.9 Å². The Hall–Kier alpha value is -6.96. The lowest BCUT2D eigenvalue weighted by Gasteiger charge is -2.33. The SMILES string of the molecule is C=C[C@@H]1C[C@@]1(CCS(=O)(=O)C1CC1)NC(=O)[C@@H]1C[C@@H](Oc2nccc3c4c(ccc23)OC(F)(F)O4)CN1C(=O)[C@@H](C)C(C)(C)C.C=C[C@@H]1C[C@@]1(CCS(=O)(=O)C1CC1)NC(=O)[C@@H]1C[C@@H](Oc2nccc3c4c(ccc23)OC(F)(F)O4)CN1C(=O)[C@@H](C)C(C)(C)C. The molecule has 12 rings (SSSR count). The zero-order valence-electron chi connectivity index (χ0n) is 51.7. The molecule has 20 nitrogen and oxygen atoms in total. The number of sulfone groups is 2. The Morgan fingerprint density at radius 2 is 0.978 bits per heavy atom. The molecule has 2 aromatic heterocycles. The lowest BCUT2D eigenvalue weighted by Crippen LogP contribution is -2.52. The van der Waals surface area contributed by atoms with Crippen LogP contribution in [0.3, 0.4) is 0 Å². The molecule has 0 radical (unpaired) electrons. The number of benzene rings is 2. The summed E-state index contributed by atoms with van der Waals surface area (Å²) in [6.45, 7) is 23.3. The van der Waals surface area contributed by atoms with Gasteiger partial charge in [0.15, 0.2) is 42.7 Å². The number of pyridine rings is 2.